The van der Waals surface area contributed by atoms with E-state index in [1.165, 1.54) is 22.3 Å². The van der Waals surface area contributed by atoms with Crippen LogP contribution in [0.4, 0.5) is 0 Å². The van der Waals surface area contributed by atoms with Crippen LogP contribution in [0.2, 0.25) is 0 Å². The van der Waals surface area contributed by atoms with Crippen LogP contribution in [0.5, 0.6) is 5.75 Å². The molecule has 0 aliphatic carbocycles. The van der Waals surface area contributed by atoms with Crippen molar-refractivity contribution in [3.8, 4) is 5.75 Å². The van der Waals surface area contributed by atoms with Crippen molar-refractivity contribution in [2.75, 3.05) is 0 Å². The van der Waals surface area contributed by atoms with Crippen molar-refractivity contribution in [1.82, 2.24) is 0 Å². The summed E-state index contributed by atoms with van der Waals surface area (Å²) in [7, 11) is 0. The second kappa shape index (κ2) is 7.64. The SMILES string of the molecule is Cc1ccccc1CCc1ccc(OCc2ccccc2)cc1. The highest BCUT2D eigenvalue weighted by Gasteiger charge is 2.00. The average molecular weight is 302 g/mol. The number of hydrogen-bond acceptors (Lipinski definition) is 1. The summed E-state index contributed by atoms with van der Waals surface area (Å²) >= 11 is 0. The van der Waals surface area contributed by atoms with Gasteiger partial charge in [0, 0.05) is 0 Å². The minimum Gasteiger partial charge on any atom is -0.489 e. The van der Waals surface area contributed by atoms with Gasteiger partial charge in [-0.2, -0.15) is 0 Å². The van der Waals surface area contributed by atoms with Gasteiger partial charge in [0.05, 0.1) is 0 Å². The van der Waals surface area contributed by atoms with E-state index in [0.29, 0.717) is 6.61 Å². The van der Waals surface area contributed by atoms with E-state index in [1.54, 1.807) is 0 Å². The van der Waals surface area contributed by atoms with Gasteiger partial charge in [-0.15, -0.1) is 0 Å². The Morgan fingerprint density at radius 3 is 2.09 bits per heavy atom. The van der Waals surface area contributed by atoms with Gasteiger partial charge < -0.3 is 4.74 Å². The van der Waals surface area contributed by atoms with Gasteiger partial charge in [0.15, 0.2) is 0 Å². The van der Waals surface area contributed by atoms with E-state index in [0.717, 1.165) is 18.6 Å². The summed E-state index contributed by atoms with van der Waals surface area (Å²) in [5, 5.41) is 0. The highest BCUT2D eigenvalue weighted by Crippen LogP contribution is 2.16. The molecule has 0 amide bonds. The van der Waals surface area contributed by atoms with E-state index in [4.69, 9.17) is 4.74 Å². The number of aryl methyl sites for hydroxylation is 3. The molecule has 0 saturated carbocycles. The van der Waals surface area contributed by atoms with Gasteiger partial charge in [-0.05, 0) is 54.2 Å². The Balaban J connectivity index is 1.54. The fourth-order valence-electron chi connectivity index (χ4n) is 2.66. The molecule has 3 aromatic rings. The van der Waals surface area contributed by atoms with Crippen LogP contribution in [-0.2, 0) is 19.4 Å². The third kappa shape index (κ3) is 4.46. The van der Waals surface area contributed by atoms with Crippen LogP contribution in [0.15, 0.2) is 78.9 Å². The molecule has 0 fully saturated rings. The van der Waals surface area contributed by atoms with Crippen molar-refractivity contribution in [2.24, 2.45) is 0 Å². The van der Waals surface area contributed by atoms with Gasteiger partial charge in [-0.25, -0.2) is 0 Å². The first-order chi connectivity index (χ1) is 11.3. The molecule has 1 nitrogen and oxygen atoms in total. The van der Waals surface area contributed by atoms with Crippen molar-refractivity contribution in [3.05, 3.63) is 101 Å². The van der Waals surface area contributed by atoms with Gasteiger partial charge in [0.25, 0.3) is 0 Å². The fraction of sp³-hybridized carbons (Fsp3) is 0.182. The Labute approximate surface area is 138 Å². The normalized spacial score (nSPS) is 10.5. The van der Waals surface area contributed by atoms with E-state index in [9.17, 15) is 0 Å². The number of rotatable bonds is 6. The summed E-state index contributed by atoms with van der Waals surface area (Å²) in [6.07, 6.45) is 2.14. The van der Waals surface area contributed by atoms with E-state index in [-0.39, 0.29) is 0 Å². The Morgan fingerprint density at radius 1 is 0.652 bits per heavy atom. The molecule has 23 heavy (non-hydrogen) atoms. The maximum atomic E-state index is 5.83. The predicted molar refractivity (Wildman–Crippen MR) is 95.8 cm³/mol. The van der Waals surface area contributed by atoms with Gasteiger partial charge >= 0.3 is 0 Å². The lowest BCUT2D eigenvalue weighted by Gasteiger charge is -2.08. The van der Waals surface area contributed by atoms with Crippen LogP contribution >= 0.6 is 0 Å². The maximum Gasteiger partial charge on any atom is 0.119 e. The van der Waals surface area contributed by atoms with Crippen molar-refractivity contribution in [3.63, 3.8) is 0 Å². The van der Waals surface area contributed by atoms with Crippen LogP contribution in [0.3, 0.4) is 0 Å². The van der Waals surface area contributed by atoms with Crippen LogP contribution in [0, 0.1) is 6.92 Å². The molecule has 0 aliphatic heterocycles. The number of hydrogen-bond donors (Lipinski definition) is 0. The molecule has 0 saturated heterocycles. The minimum atomic E-state index is 0.614. The molecule has 0 spiro atoms. The highest BCUT2D eigenvalue weighted by atomic mass is 16.5. The lowest BCUT2D eigenvalue weighted by atomic mass is 10.0. The van der Waals surface area contributed by atoms with E-state index >= 15 is 0 Å². The molecule has 0 radical (unpaired) electrons. The molecule has 0 unspecified atom stereocenters. The molecule has 116 valence electrons. The van der Waals surface area contributed by atoms with Crippen LogP contribution in [0.1, 0.15) is 22.3 Å². The Hall–Kier alpha value is -2.54. The largest absolute Gasteiger partial charge is 0.489 e. The molecule has 3 aromatic carbocycles. The first kappa shape index (κ1) is 15.4. The number of benzene rings is 3. The van der Waals surface area contributed by atoms with Gasteiger partial charge in [0.1, 0.15) is 12.4 Å². The third-order valence-electron chi connectivity index (χ3n) is 4.12. The molecule has 3 rings (SSSR count). The quantitative estimate of drug-likeness (QED) is 0.595. The molecule has 0 bridgehead atoms. The smallest absolute Gasteiger partial charge is 0.119 e. The molecule has 1 heteroatoms. The average Bonchev–Trinajstić information content (AvgIpc) is 2.61. The standard InChI is InChI=1S/C22H22O/c1-18-7-5-6-10-21(18)14-11-19-12-15-22(16-13-19)23-17-20-8-3-2-4-9-20/h2-10,12-13,15-16H,11,14,17H2,1H3. The Bertz CT molecular complexity index is 729. The van der Waals surface area contributed by atoms with Crippen LogP contribution in [-0.4, -0.2) is 0 Å². The minimum absolute atomic E-state index is 0.614. The summed E-state index contributed by atoms with van der Waals surface area (Å²) in [5.74, 6) is 0.925. The summed E-state index contributed by atoms with van der Waals surface area (Å²) < 4.78 is 5.83. The van der Waals surface area contributed by atoms with Crippen molar-refractivity contribution >= 4 is 0 Å². The van der Waals surface area contributed by atoms with E-state index < -0.39 is 0 Å². The molecule has 0 aromatic heterocycles. The topological polar surface area (TPSA) is 9.23 Å². The summed E-state index contributed by atoms with van der Waals surface area (Å²) in [6.45, 7) is 2.79. The van der Waals surface area contributed by atoms with Gasteiger partial charge in [0.2, 0.25) is 0 Å². The summed E-state index contributed by atoms with van der Waals surface area (Å²) in [6, 6.07) is 27.3. The fourth-order valence-corrected chi connectivity index (χ4v) is 2.66. The molecular formula is C22H22O. The van der Waals surface area contributed by atoms with Gasteiger partial charge in [-0.1, -0.05) is 66.7 Å². The summed E-state index contributed by atoms with van der Waals surface area (Å²) in [4.78, 5) is 0. The maximum absolute atomic E-state index is 5.83. The zero-order valence-electron chi connectivity index (χ0n) is 13.5. The Morgan fingerprint density at radius 2 is 1.35 bits per heavy atom. The first-order valence-electron chi connectivity index (χ1n) is 8.11. The first-order valence-corrected chi connectivity index (χ1v) is 8.11. The zero-order chi connectivity index (χ0) is 15.9. The zero-order valence-corrected chi connectivity index (χ0v) is 13.5. The lowest BCUT2D eigenvalue weighted by molar-refractivity contribution is 0.306. The highest BCUT2D eigenvalue weighted by molar-refractivity contribution is 5.30. The van der Waals surface area contributed by atoms with Gasteiger partial charge in [-0.3, -0.25) is 0 Å². The third-order valence-corrected chi connectivity index (χ3v) is 4.12. The molecular weight excluding hydrogens is 280 g/mol. The molecule has 0 heterocycles. The molecule has 0 N–H and O–H groups in total. The van der Waals surface area contributed by atoms with Crippen molar-refractivity contribution in [1.29, 1.82) is 0 Å². The number of ether oxygens (including phenoxy) is 1. The van der Waals surface area contributed by atoms with Crippen LogP contribution in [0.25, 0.3) is 0 Å². The Kier molecular flexibility index (Phi) is 5.10. The van der Waals surface area contributed by atoms with E-state index in [2.05, 4.69) is 67.6 Å². The molecule has 0 aliphatic rings. The monoisotopic (exact) mass is 302 g/mol. The second-order valence-electron chi connectivity index (χ2n) is 5.84. The molecule has 0 atom stereocenters. The summed E-state index contributed by atoms with van der Waals surface area (Å²) in [5.41, 5.74) is 5.34. The van der Waals surface area contributed by atoms with Crippen molar-refractivity contribution < 1.29 is 4.74 Å². The lowest BCUT2D eigenvalue weighted by Crippen LogP contribution is -1.96. The van der Waals surface area contributed by atoms with E-state index in [1.807, 2.05) is 18.2 Å². The predicted octanol–water partition coefficient (Wildman–Crippen LogP) is 5.36. The van der Waals surface area contributed by atoms with Crippen molar-refractivity contribution in [2.45, 2.75) is 26.4 Å². The second-order valence-corrected chi connectivity index (χ2v) is 5.84. The van der Waals surface area contributed by atoms with Crippen LogP contribution < -0.4 is 4.74 Å².